The van der Waals surface area contributed by atoms with Gasteiger partial charge in [-0.2, -0.15) is 0 Å². The van der Waals surface area contributed by atoms with Gasteiger partial charge in [0.15, 0.2) is 5.78 Å². The van der Waals surface area contributed by atoms with Crippen LogP contribution in [-0.4, -0.2) is 36.6 Å². The number of carbonyl (C=O) groups is 3. The number of aliphatic carboxylic acids is 1. The number of nitrogens with one attached hydrogen (secondary N) is 1. The van der Waals surface area contributed by atoms with Gasteiger partial charge in [0.1, 0.15) is 11.4 Å². The smallest absolute Gasteiger partial charge is 0.545 e. The van der Waals surface area contributed by atoms with Crippen molar-refractivity contribution in [2.75, 3.05) is 13.2 Å². The van der Waals surface area contributed by atoms with E-state index in [2.05, 4.69) is 5.32 Å². The molecule has 1 heterocycles. The van der Waals surface area contributed by atoms with Crippen molar-refractivity contribution in [1.82, 2.24) is 5.32 Å². The standard InChI is InChI=1S/C23H29NO6.Na/c1-22(2,3)30-21(28)24-8-6-7-13-9-14-18-16(11-15(19(14)25)20(26)27)23(4,5)12-29-17(18)10-13;/h9-11,16H,6-8,12H2,1-5H3,(H,24,28)(H,26,27);/q;+1/p-1. The van der Waals surface area contributed by atoms with Gasteiger partial charge in [0.2, 0.25) is 0 Å². The Labute approximate surface area is 204 Å². The fraction of sp³-hybridized carbons (Fsp3) is 0.522. The zero-order valence-corrected chi connectivity index (χ0v) is 21.1. The van der Waals surface area contributed by atoms with Crippen LogP contribution in [0.25, 0.3) is 0 Å². The van der Waals surface area contributed by atoms with Gasteiger partial charge < -0.3 is 24.7 Å². The van der Waals surface area contributed by atoms with Crippen LogP contribution in [0.4, 0.5) is 4.79 Å². The van der Waals surface area contributed by atoms with Crippen molar-refractivity contribution in [3.63, 3.8) is 0 Å². The van der Waals surface area contributed by atoms with Crippen LogP contribution in [0.2, 0.25) is 0 Å². The molecule has 3 rings (SSSR count). The van der Waals surface area contributed by atoms with Gasteiger partial charge in [0.25, 0.3) is 0 Å². The number of carboxylic acid groups (broad SMARTS) is 1. The van der Waals surface area contributed by atoms with Gasteiger partial charge in [-0.1, -0.05) is 19.9 Å². The van der Waals surface area contributed by atoms with Crippen LogP contribution in [0.3, 0.4) is 0 Å². The van der Waals surface area contributed by atoms with E-state index in [1.807, 2.05) is 19.9 Å². The molecule has 1 unspecified atom stereocenters. The fourth-order valence-electron chi connectivity index (χ4n) is 3.85. The predicted molar refractivity (Wildman–Crippen MR) is 108 cm³/mol. The molecule has 0 bridgehead atoms. The molecule has 162 valence electrons. The van der Waals surface area contributed by atoms with E-state index >= 15 is 0 Å². The molecule has 0 aromatic heterocycles. The van der Waals surface area contributed by atoms with Gasteiger partial charge in [0.05, 0.1) is 12.6 Å². The van der Waals surface area contributed by atoms with Gasteiger partial charge in [-0.15, -0.1) is 0 Å². The third kappa shape index (κ3) is 5.70. The molecule has 1 aromatic rings. The van der Waals surface area contributed by atoms with Crippen LogP contribution in [0.1, 0.15) is 68.4 Å². The van der Waals surface area contributed by atoms with Crippen LogP contribution in [0.5, 0.6) is 5.75 Å². The molecule has 0 fully saturated rings. The Hall–Kier alpha value is -1.83. The number of amides is 1. The van der Waals surface area contributed by atoms with Crippen LogP contribution >= 0.6 is 0 Å². The molecule has 8 heteroatoms. The molecule has 0 spiro atoms. The van der Waals surface area contributed by atoms with Crippen molar-refractivity contribution in [2.45, 2.75) is 59.0 Å². The predicted octanol–water partition coefficient (Wildman–Crippen LogP) is -0.477. The van der Waals surface area contributed by atoms with Crippen molar-refractivity contribution in [2.24, 2.45) is 5.41 Å². The Balaban J connectivity index is 0.00000341. The minimum Gasteiger partial charge on any atom is -0.545 e. The van der Waals surface area contributed by atoms with E-state index in [1.165, 1.54) is 6.08 Å². The van der Waals surface area contributed by atoms with E-state index in [4.69, 9.17) is 9.47 Å². The number of rotatable bonds is 5. The molecular formula is C23H28NNaO6. The Morgan fingerprint density at radius 2 is 1.97 bits per heavy atom. The first kappa shape index (κ1) is 25.4. The maximum Gasteiger partial charge on any atom is 1.00 e. The molecule has 31 heavy (non-hydrogen) atoms. The summed E-state index contributed by atoms with van der Waals surface area (Å²) in [7, 11) is 0. The summed E-state index contributed by atoms with van der Waals surface area (Å²) < 4.78 is 11.1. The summed E-state index contributed by atoms with van der Waals surface area (Å²) in [5, 5.41) is 14.2. The summed E-state index contributed by atoms with van der Waals surface area (Å²) >= 11 is 0. The van der Waals surface area contributed by atoms with Crippen LogP contribution < -0.4 is 44.7 Å². The van der Waals surface area contributed by atoms with Crippen molar-refractivity contribution in [1.29, 1.82) is 0 Å². The van der Waals surface area contributed by atoms with Gasteiger partial charge in [-0.25, -0.2) is 4.79 Å². The van der Waals surface area contributed by atoms with Gasteiger partial charge in [-0.05, 0) is 51.3 Å². The second kappa shape index (κ2) is 9.35. The summed E-state index contributed by atoms with van der Waals surface area (Å²) in [4.78, 5) is 36.1. The molecule has 1 atom stereocenters. The van der Waals surface area contributed by atoms with Crippen LogP contribution in [0.15, 0.2) is 23.8 Å². The van der Waals surface area contributed by atoms with E-state index in [0.29, 0.717) is 37.3 Å². The van der Waals surface area contributed by atoms with Gasteiger partial charge in [-0.3, -0.25) is 4.79 Å². The number of allylic oxidation sites excluding steroid dienone is 1. The summed E-state index contributed by atoms with van der Waals surface area (Å²) in [5.74, 6) is -1.61. The Morgan fingerprint density at radius 1 is 1.29 bits per heavy atom. The largest absolute Gasteiger partial charge is 1.00 e. The average Bonchev–Trinajstić information content (AvgIpc) is 2.61. The van der Waals surface area contributed by atoms with Crippen LogP contribution in [-0.2, 0) is 16.0 Å². The minimum atomic E-state index is -1.46. The number of ketones is 1. The SMILES string of the molecule is CC(C)(C)OC(=O)NCCCc1cc2c3c(c1)C(=O)C(C(=O)[O-])=CC3C(C)(C)CO2.[Na+]. The molecule has 1 aromatic carbocycles. The first-order valence-corrected chi connectivity index (χ1v) is 10.1. The number of carbonyl (C=O) groups excluding carboxylic acids is 3. The van der Waals surface area contributed by atoms with E-state index in [0.717, 1.165) is 11.1 Å². The Kier molecular flexibility index (Phi) is 7.67. The number of aryl methyl sites for hydroxylation is 1. The normalized spacial score (nSPS) is 18.7. The van der Waals surface area contributed by atoms with Crippen molar-refractivity contribution in [3.8, 4) is 5.75 Å². The molecule has 1 aliphatic heterocycles. The molecule has 1 amide bonds. The van der Waals surface area contributed by atoms with E-state index < -0.39 is 23.4 Å². The topological polar surface area (TPSA) is 105 Å². The summed E-state index contributed by atoms with van der Waals surface area (Å²) in [6, 6.07) is 3.64. The number of Topliss-reactive ketones (excluding diaryl/α,β-unsaturated/α-hetero) is 1. The third-order valence-corrected chi connectivity index (χ3v) is 5.31. The molecule has 1 N–H and O–H groups in total. The number of carboxylic acids is 1. The number of ether oxygens (including phenoxy) is 2. The first-order valence-electron chi connectivity index (χ1n) is 10.1. The number of alkyl carbamates (subject to hydrolysis) is 1. The Morgan fingerprint density at radius 3 is 2.58 bits per heavy atom. The fourth-order valence-corrected chi connectivity index (χ4v) is 3.85. The van der Waals surface area contributed by atoms with Crippen molar-refractivity contribution < 1.29 is 58.5 Å². The van der Waals surface area contributed by atoms with E-state index in [9.17, 15) is 19.5 Å². The van der Waals surface area contributed by atoms with Gasteiger partial charge in [0, 0.05) is 34.6 Å². The number of benzene rings is 1. The molecule has 0 radical (unpaired) electrons. The maximum absolute atomic E-state index is 12.8. The van der Waals surface area contributed by atoms with E-state index in [1.54, 1.807) is 26.8 Å². The Bertz CT molecular complexity index is 929. The quantitative estimate of drug-likeness (QED) is 0.379. The average molecular weight is 437 g/mol. The van der Waals surface area contributed by atoms with Crippen molar-refractivity contribution in [3.05, 3.63) is 40.5 Å². The molecule has 0 saturated heterocycles. The summed E-state index contributed by atoms with van der Waals surface area (Å²) in [6.45, 7) is 10.2. The molecule has 1 aliphatic carbocycles. The zero-order chi connectivity index (χ0) is 22.3. The second-order valence-corrected chi connectivity index (χ2v) is 9.54. The maximum atomic E-state index is 12.8. The molecule has 2 aliphatic rings. The van der Waals surface area contributed by atoms with Crippen molar-refractivity contribution >= 4 is 17.8 Å². The number of hydrogen-bond acceptors (Lipinski definition) is 6. The van der Waals surface area contributed by atoms with Crippen LogP contribution in [0, 0.1) is 5.41 Å². The summed E-state index contributed by atoms with van der Waals surface area (Å²) in [5.41, 5.74) is 0.761. The minimum absolute atomic E-state index is 0. The first-order chi connectivity index (χ1) is 13.9. The van der Waals surface area contributed by atoms with Gasteiger partial charge >= 0.3 is 35.7 Å². The molecular weight excluding hydrogens is 409 g/mol. The monoisotopic (exact) mass is 437 g/mol. The zero-order valence-electron chi connectivity index (χ0n) is 19.1. The molecule has 7 nitrogen and oxygen atoms in total. The summed E-state index contributed by atoms with van der Waals surface area (Å²) in [6.07, 6.45) is 2.25. The molecule has 0 saturated carbocycles. The van der Waals surface area contributed by atoms with E-state index in [-0.39, 0.29) is 46.5 Å². The number of hydrogen-bond donors (Lipinski definition) is 1. The second-order valence-electron chi connectivity index (χ2n) is 9.54. The third-order valence-electron chi connectivity index (χ3n) is 5.31.